The molecular weight excluding hydrogens is 476 g/mol. The molecule has 0 saturated carbocycles. The smallest absolute Gasteiger partial charge is 0.235 e. The first-order valence-corrected chi connectivity index (χ1v) is 13.2. The summed E-state index contributed by atoms with van der Waals surface area (Å²) in [6.07, 6.45) is 7.54. The summed E-state index contributed by atoms with van der Waals surface area (Å²) in [4.78, 5) is 55.3. The van der Waals surface area contributed by atoms with Crippen LogP contribution in [-0.4, -0.2) is 19.6 Å². The largest absolute Gasteiger partial charge is 0.372 e. The minimum atomic E-state index is -0.717. The number of rotatable bonds is 9. The monoisotopic (exact) mass is 506 g/mol. The third-order valence-electron chi connectivity index (χ3n) is 7.39. The number of hydrogen-bond donors (Lipinski definition) is 0. The fourth-order valence-electron chi connectivity index (χ4n) is 5.25. The quantitative estimate of drug-likeness (QED) is 0.306. The summed E-state index contributed by atoms with van der Waals surface area (Å²) < 4.78 is 0. The van der Waals surface area contributed by atoms with Crippen molar-refractivity contribution < 1.29 is 0 Å². The van der Waals surface area contributed by atoms with Crippen LogP contribution < -0.4 is 31.5 Å². The van der Waals surface area contributed by atoms with Gasteiger partial charge in [-0.25, -0.2) is 0 Å². The van der Waals surface area contributed by atoms with Crippen molar-refractivity contribution in [1.82, 2.24) is 0 Å². The van der Waals surface area contributed by atoms with Crippen molar-refractivity contribution in [3.63, 3.8) is 0 Å². The Hall–Kier alpha value is -4.32. The van der Waals surface area contributed by atoms with Crippen LogP contribution in [0.25, 0.3) is 34.4 Å². The third kappa shape index (κ3) is 4.06. The molecule has 1 aliphatic rings. The molecule has 4 aromatic rings. The number of fused-ring (bicyclic) bond motifs is 1. The Morgan fingerprint density at radius 2 is 1.39 bits per heavy atom. The molecule has 0 amide bonds. The summed E-state index contributed by atoms with van der Waals surface area (Å²) in [6, 6.07) is 15.4. The highest BCUT2D eigenvalue weighted by Crippen LogP contribution is 2.34. The zero-order chi connectivity index (χ0) is 27.0. The van der Waals surface area contributed by atoms with Crippen molar-refractivity contribution >= 4 is 23.5 Å². The highest BCUT2D eigenvalue weighted by atomic mass is 16.2. The summed E-state index contributed by atoms with van der Waals surface area (Å²) in [7, 11) is 0. The second-order valence-electron chi connectivity index (χ2n) is 9.54. The van der Waals surface area contributed by atoms with Gasteiger partial charge in [-0.2, -0.15) is 0 Å². The van der Waals surface area contributed by atoms with E-state index in [2.05, 4.69) is 30.6 Å². The van der Waals surface area contributed by atoms with Gasteiger partial charge in [0.15, 0.2) is 0 Å². The Kier molecular flexibility index (Phi) is 6.81. The van der Waals surface area contributed by atoms with Crippen LogP contribution in [0.5, 0.6) is 0 Å². The molecule has 1 aliphatic heterocycles. The predicted molar refractivity (Wildman–Crippen MR) is 156 cm³/mol. The Morgan fingerprint density at radius 1 is 0.737 bits per heavy atom. The molecule has 0 aliphatic carbocycles. The van der Waals surface area contributed by atoms with Gasteiger partial charge in [-0.1, -0.05) is 49.8 Å². The topological polar surface area (TPSA) is 74.8 Å². The SMILES string of the molecule is CCCCN1/C(=C/c2c(-c3c(-c4ccc(N(CC)CC)cc4)c(=O)c3=O)c(=O)c2=O)C=Cc2ccccc21. The zero-order valence-corrected chi connectivity index (χ0v) is 21.9. The molecule has 0 unspecified atom stereocenters. The van der Waals surface area contributed by atoms with E-state index < -0.39 is 21.7 Å². The molecule has 6 nitrogen and oxygen atoms in total. The summed E-state index contributed by atoms with van der Waals surface area (Å²) in [5.74, 6) is 0. The van der Waals surface area contributed by atoms with Crippen molar-refractivity contribution in [3.8, 4) is 22.3 Å². The summed E-state index contributed by atoms with van der Waals surface area (Å²) in [5.41, 5.74) is 2.26. The van der Waals surface area contributed by atoms with Gasteiger partial charge in [0.25, 0.3) is 0 Å². The molecule has 0 aromatic heterocycles. The van der Waals surface area contributed by atoms with Crippen LogP contribution in [-0.2, 0) is 0 Å². The van der Waals surface area contributed by atoms with E-state index in [1.165, 1.54) is 0 Å². The molecule has 0 bridgehead atoms. The second kappa shape index (κ2) is 10.2. The summed E-state index contributed by atoms with van der Waals surface area (Å²) in [5, 5.41) is 0. The maximum absolute atomic E-state index is 12.8. The van der Waals surface area contributed by atoms with Crippen molar-refractivity contribution in [2.24, 2.45) is 0 Å². The highest BCUT2D eigenvalue weighted by Gasteiger charge is 2.32. The second-order valence-corrected chi connectivity index (χ2v) is 9.54. The first-order chi connectivity index (χ1) is 18.4. The first-order valence-electron chi connectivity index (χ1n) is 13.2. The van der Waals surface area contributed by atoms with E-state index in [-0.39, 0.29) is 22.3 Å². The molecule has 4 aromatic carbocycles. The minimum absolute atomic E-state index is 0.0534. The van der Waals surface area contributed by atoms with Crippen LogP contribution in [0.3, 0.4) is 0 Å². The lowest BCUT2D eigenvalue weighted by atomic mass is 9.84. The molecule has 192 valence electrons. The fraction of sp³-hybridized carbons (Fsp3) is 0.250. The fourth-order valence-corrected chi connectivity index (χ4v) is 5.25. The minimum Gasteiger partial charge on any atom is -0.372 e. The van der Waals surface area contributed by atoms with Crippen molar-refractivity contribution in [2.75, 3.05) is 29.4 Å². The van der Waals surface area contributed by atoms with E-state index in [1.54, 1.807) is 18.2 Å². The van der Waals surface area contributed by atoms with Gasteiger partial charge >= 0.3 is 0 Å². The Labute approximate surface area is 221 Å². The maximum Gasteiger partial charge on any atom is 0.235 e. The molecule has 38 heavy (non-hydrogen) atoms. The Morgan fingerprint density at radius 3 is 2.08 bits per heavy atom. The number of para-hydroxylation sites is 1. The van der Waals surface area contributed by atoms with Crippen LogP contribution in [0, 0.1) is 0 Å². The number of allylic oxidation sites excluding steroid dienone is 1. The molecular formula is C32H30N2O4. The van der Waals surface area contributed by atoms with Crippen molar-refractivity contribution in [1.29, 1.82) is 0 Å². The predicted octanol–water partition coefficient (Wildman–Crippen LogP) is 4.73. The number of hydrogen-bond acceptors (Lipinski definition) is 6. The van der Waals surface area contributed by atoms with E-state index in [0.717, 1.165) is 55.1 Å². The van der Waals surface area contributed by atoms with E-state index in [0.29, 0.717) is 5.56 Å². The highest BCUT2D eigenvalue weighted by molar-refractivity contribution is 5.93. The van der Waals surface area contributed by atoms with Crippen LogP contribution >= 0.6 is 0 Å². The maximum atomic E-state index is 12.8. The standard InChI is InChI=1S/C32H30N2O4/c1-4-7-18-34-23(17-12-20-10-8-9-11-25(20)34)19-24-27(31(37)29(24)35)28-26(30(36)32(28)38)21-13-15-22(16-14-21)33(5-2)6-3/h8-17,19H,4-7,18H2,1-3H3/b23-19+. The van der Waals surface area contributed by atoms with Gasteiger partial charge < -0.3 is 9.80 Å². The first kappa shape index (κ1) is 25.3. The molecule has 5 rings (SSSR count). The van der Waals surface area contributed by atoms with Gasteiger partial charge in [-0.05, 0) is 61.7 Å². The van der Waals surface area contributed by atoms with Crippen molar-refractivity contribution in [2.45, 2.75) is 33.6 Å². The lowest BCUT2D eigenvalue weighted by Crippen LogP contribution is -2.43. The van der Waals surface area contributed by atoms with Crippen LogP contribution in [0.4, 0.5) is 11.4 Å². The summed E-state index contributed by atoms with van der Waals surface area (Å²) in [6.45, 7) is 8.69. The van der Waals surface area contributed by atoms with Gasteiger partial charge in [0.2, 0.25) is 21.7 Å². The van der Waals surface area contributed by atoms with Gasteiger partial charge in [0.05, 0.1) is 5.56 Å². The zero-order valence-electron chi connectivity index (χ0n) is 21.9. The molecule has 0 radical (unpaired) electrons. The molecule has 0 spiro atoms. The number of benzene rings is 2. The Bertz CT molecular complexity index is 1700. The Balaban J connectivity index is 1.58. The number of anilines is 2. The molecule has 6 heteroatoms. The van der Waals surface area contributed by atoms with E-state index in [4.69, 9.17) is 0 Å². The summed E-state index contributed by atoms with van der Waals surface area (Å²) >= 11 is 0. The molecule has 0 saturated heterocycles. The van der Waals surface area contributed by atoms with E-state index >= 15 is 0 Å². The average molecular weight is 507 g/mol. The van der Waals surface area contributed by atoms with Gasteiger partial charge in [-0.15, -0.1) is 0 Å². The van der Waals surface area contributed by atoms with Crippen molar-refractivity contribution in [3.05, 3.63) is 112 Å². The molecule has 0 N–H and O–H groups in total. The number of unbranched alkanes of at least 4 members (excludes halogenated alkanes) is 1. The lowest BCUT2D eigenvalue weighted by molar-refractivity contribution is 0.772. The van der Waals surface area contributed by atoms with Crippen LogP contribution in [0.1, 0.15) is 44.7 Å². The van der Waals surface area contributed by atoms with Gasteiger partial charge in [0, 0.05) is 53.4 Å². The molecule has 0 atom stereocenters. The lowest BCUT2D eigenvalue weighted by Gasteiger charge is -2.31. The van der Waals surface area contributed by atoms with Gasteiger partial charge in [0.1, 0.15) is 0 Å². The normalized spacial score (nSPS) is 14.0. The third-order valence-corrected chi connectivity index (χ3v) is 7.39. The molecule has 0 fully saturated rings. The van der Waals surface area contributed by atoms with Crippen LogP contribution in [0.15, 0.2) is 79.5 Å². The van der Waals surface area contributed by atoms with Gasteiger partial charge in [-0.3, -0.25) is 19.2 Å². The van der Waals surface area contributed by atoms with E-state index in [1.807, 2.05) is 48.6 Å². The average Bonchev–Trinajstić information content (AvgIpc) is 2.96. The van der Waals surface area contributed by atoms with E-state index in [9.17, 15) is 19.2 Å². The molecule has 1 heterocycles. The van der Waals surface area contributed by atoms with Crippen LogP contribution in [0.2, 0.25) is 0 Å². The number of nitrogens with zero attached hydrogens (tertiary/aromatic N) is 2.